The van der Waals surface area contributed by atoms with Gasteiger partial charge in [-0.2, -0.15) is 0 Å². The van der Waals surface area contributed by atoms with Gasteiger partial charge in [-0.25, -0.2) is 0 Å². The molecule has 108 valence electrons. The highest BCUT2D eigenvalue weighted by molar-refractivity contribution is 6.34. The predicted molar refractivity (Wildman–Crippen MR) is 76.0 cm³/mol. The van der Waals surface area contributed by atoms with Crippen LogP contribution in [0.3, 0.4) is 0 Å². The fraction of sp³-hybridized carbons (Fsp3) is 0.462. The van der Waals surface area contributed by atoms with Gasteiger partial charge < -0.3 is 10.2 Å². The van der Waals surface area contributed by atoms with Crippen LogP contribution in [0.5, 0.6) is 0 Å². The van der Waals surface area contributed by atoms with Gasteiger partial charge in [-0.3, -0.25) is 14.9 Å². The van der Waals surface area contributed by atoms with E-state index in [1.54, 1.807) is 4.90 Å². The molecule has 7 heteroatoms. The van der Waals surface area contributed by atoms with Crippen LogP contribution >= 0.6 is 11.6 Å². The van der Waals surface area contributed by atoms with Crippen molar-refractivity contribution in [3.05, 3.63) is 38.9 Å². The van der Waals surface area contributed by atoms with E-state index in [1.807, 2.05) is 7.05 Å². The number of carbonyl (C=O) groups is 1. The molecule has 1 amide bonds. The summed E-state index contributed by atoms with van der Waals surface area (Å²) in [5, 5.41) is 13.9. The summed E-state index contributed by atoms with van der Waals surface area (Å²) in [5.74, 6) is 0.282. The first-order valence-corrected chi connectivity index (χ1v) is 6.78. The predicted octanol–water partition coefficient (Wildman–Crippen LogP) is 1.93. The van der Waals surface area contributed by atoms with E-state index in [2.05, 4.69) is 5.32 Å². The second-order valence-corrected chi connectivity index (χ2v) is 5.29. The average molecular weight is 298 g/mol. The topological polar surface area (TPSA) is 75.5 Å². The summed E-state index contributed by atoms with van der Waals surface area (Å²) in [6.07, 6.45) is 0.956. The largest absolute Gasteiger partial charge is 0.338 e. The van der Waals surface area contributed by atoms with Gasteiger partial charge in [-0.1, -0.05) is 11.6 Å². The lowest BCUT2D eigenvalue weighted by atomic mass is 10.1. The maximum Gasteiger partial charge on any atom is 0.270 e. The van der Waals surface area contributed by atoms with Crippen LogP contribution in [0.1, 0.15) is 16.8 Å². The smallest absolute Gasteiger partial charge is 0.270 e. The molecular weight excluding hydrogens is 282 g/mol. The summed E-state index contributed by atoms with van der Waals surface area (Å²) in [6.45, 7) is 2.25. The molecule has 1 aromatic carbocycles. The molecule has 0 saturated carbocycles. The lowest BCUT2D eigenvalue weighted by Crippen LogP contribution is -2.30. The Morgan fingerprint density at radius 1 is 1.60 bits per heavy atom. The molecule has 20 heavy (non-hydrogen) atoms. The Kier molecular flexibility index (Phi) is 4.57. The van der Waals surface area contributed by atoms with Crippen molar-refractivity contribution in [3.8, 4) is 0 Å². The number of carbonyl (C=O) groups excluding carboxylic acids is 1. The number of benzene rings is 1. The minimum Gasteiger partial charge on any atom is -0.338 e. The standard InChI is InChI=1S/C13H16ClN3O3/c1-15-7-9-4-5-16(8-9)13(18)11-3-2-10(17(19)20)6-12(11)14/h2-3,6,9,15H,4-5,7-8H2,1H3. The van der Waals surface area contributed by atoms with E-state index < -0.39 is 4.92 Å². The van der Waals surface area contributed by atoms with E-state index in [0.717, 1.165) is 13.0 Å². The molecule has 1 fully saturated rings. The second-order valence-electron chi connectivity index (χ2n) is 4.88. The van der Waals surface area contributed by atoms with Crippen molar-refractivity contribution in [2.45, 2.75) is 6.42 Å². The van der Waals surface area contributed by atoms with E-state index in [4.69, 9.17) is 11.6 Å². The van der Waals surface area contributed by atoms with Crippen LogP contribution in [0.25, 0.3) is 0 Å². The molecular formula is C13H16ClN3O3. The second kappa shape index (κ2) is 6.19. The molecule has 1 aliphatic rings. The van der Waals surface area contributed by atoms with Gasteiger partial charge in [0, 0.05) is 25.2 Å². The van der Waals surface area contributed by atoms with Gasteiger partial charge in [0.05, 0.1) is 15.5 Å². The highest BCUT2D eigenvalue weighted by atomic mass is 35.5. The Labute approximate surface area is 121 Å². The van der Waals surface area contributed by atoms with Gasteiger partial charge >= 0.3 is 0 Å². The summed E-state index contributed by atoms with van der Waals surface area (Å²) in [4.78, 5) is 24.2. The average Bonchev–Trinajstić information content (AvgIpc) is 2.87. The molecule has 0 aliphatic carbocycles. The van der Waals surface area contributed by atoms with Crippen LogP contribution in [-0.4, -0.2) is 42.4 Å². The SMILES string of the molecule is CNCC1CCN(C(=O)c2ccc([N+](=O)[O-])cc2Cl)C1. The van der Waals surface area contributed by atoms with Crippen molar-refractivity contribution in [3.63, 3.8) is 0 Å². The number of hydrogen-bond acceptors (Lipinski definition) is 4. The molecule has 2 rings (SSSR count). The van der Waals surface area contributed by atoms with Crippen molar-refractivity contribution in [1.82, 2.24) is 10.2 Å². The number of rotatable bonds is 4. The summed E-state index contributed by atoms with van der Waals surface area (Å²) in [6, 6.07) is 3.95. The number of amides is 1. The summed E-state index contributed by atoms with van der Waals surface area (Å²) >= 11 is 5.98. The monoisotopic (exact) mass is 297 g/mol. The minimum atomic E-state index is -0.529. The Bertz CT molecular complexity index is 536. The molecule has 1 atom stereocenters. The highest BCUT2D eigenvalue weighted by Gasteiger charge is 2.28. The molecule has 1 saturated heterocycles. The lowest BCUT2D eigenvalue weighted by Gasteiger charge is -2.17. The van der Waals surface area contributed by atoms with E-state index in [1.165, 1.54) is 18.2 Å². The molecule has 1 aromatic rings. The minimum absolute atomic E-state index is 0.110. The first-order valence-electron chi connectivity index (χ1n) is 6.40. The zero-order chi connectivity index (χ0) is 14.7. The number of nitro groups is 1. The van der Waals surface area contributed by atoms with Crippen LogP contribution in [0.2, 0.25) is 5.02 Å². The Hall–Kier alpha value is -1.66. The number of likely N-dealkylation sites (tertiary alicyclic amines) is 1. The Balaban J connectivity index is 2.12. The number of nitrogens with zero attached hydrogens (tertiary/aromatic N) is 2. The maximum atomic E-state index is 12.3. The Morgan fingerprint density at radius 3 is 2.95 bits per heavy atom. The number of nitro benzene ring substituents is 1. The van der Waals surface area contributed by atoms with Gasteiger partial charge in [0.25, 0.3) is 11.6 Å². The number of halogens is 1. The van der Waals surface area contributed by atoms with Gasteiger partial charge in [0.15, 0.2) is 0 Å². The summed E-state index contributed by atoms with van der Waals surface area (Å²) < 4.78 is 0. The first kappa shape index (κ1) is 14.7. The molecule has 1 unspecified atom stereocenters. The quantitative estimate of drug-likeness (QED) is 0.680. The van der Waals surface area contributed by atoms with Crippen molar-refractivity contribution >= 4 is 23.2 Å². The fourth-order valence-electron chi connectivity index (χ4n) is 2.43. The third kappa shape index (κ3) is 3.08. The van der Waals surface area contributed by atoms with Crippen LogP contribution < -0.4 is 5.32 Å². The molecule has 0 spiro atoms. The molecule has 1 N–H and O–H groups in total. The molecule has 1 heterocycles. The van der Waals surface area contributed by atoms with E-state index in [-0.39, 0.29) is 16.6 Å². The molecule has 1 aliphatic heterocycles. The van der Waals surface area contributed by atoms with Gasteiger partial charge in [-0.15, -0.1) is 0 Å². The van der Waals surface area contributed by atoms with Crippen molar-refractivity contribution in [2.75, 3.05) is 26.7 Å². The third-order valence-electron chi connectivity index (χ3n) is 3.46. The van der Waals surface area contributed by atoms with E-state index in [9.17, 15) is 14.9 Å². The van der Waals surface area contributed by atoms with E-state index in [0.29, 0.717) is 24.6 Å². The third-order valence-corrected chi connectivity index (χ3v) is 3.77. The number of non-ortho nitro benzene ring substituents is 1. The van der Waals surface area contributed by atoms with Gasteiger partial charge in [0.2, 0.25) is 0 Å². The van der Waals surface area contributed by atoms with Gasteiger partial charge in [0.1, 0.15) is 0 Å². The van der Waals surface area contributed by atoms with Crippen molar-refractivity contribution < 1.29 is 9.72 Å². The van der Waals surface area contributed by atoms with Crippen LogP contribution in [-0.2, 0) is 0 Å². The highest BCUT2D eigenvalue weighted by Crippen LogP contribution is 2.25. The normalized spacial score (nSPS) is 18.3. The van der Waals surface area contributed by atoms with Crippen LogP contribution in [0, 0.1) is 16.0 Å². The fourth-order valence-corrected chi connectivity index (χ4v) is 2.69. The lowest BCUT2D eigenvalue weighted by molar-refractivity contribution is -0.384. The van der Waals surface area contributed by atoms with Crippen LogP contribution in [0.15, 0.2) is 18.2 Å². The van der Waals surface area contributed by atoms with Crippen LogP contribution in [0.4, 0.5) is 5.69 Å². The summed E-state index contributed by atoms with van der Waals surface area (Å²) in [5.41, 5.74) is 0.211. The number of hydrogen-bond donors (Lipinski definition) is 1. The zero-order valence-corrected chi connectivity index (χ0v) is 11.9. The molecule has 0 aromatic heterocycles. The number of nitrogens with one attached hydrogen (secondary N) is 1. The van der Waals surface area contributed by atoms with Crippen molar-refractivity contribution in [1.29, 1.82) is 0 Å². The maximum absolute atomic E-state index is 12.3. The molecule has 0 radical (unpaired) electrons. The first-order chi connectivity index (χ1) is 9.52. The molecule has 6 nitrogen and oxygen atoms in total. The van der Waals surface area contributed by atoms with Gasteiger partial charge in [-0.05, 0) is 32.0 Å². The Morgan fingerprint density at radius 2 is 2.35 bits per heavy atom. The molecule has 0 bridgehead atoms. The van der Waals surface area contributed by atoms with Crippen molar-refractivity contribution in [2.24, 2.45) is 5.92 Å². The summed E-state index contributed by atoms with van der Waals surface area (Å²) in [7, 11) is 1.89. The zero-order valence-electron chi connectivity index (χ0n) is 11.1. The van der Waals surface area contributed by atoms with E-state index >= 15 is 0 Å².